The lowest BCUT2D eigenvalue weighted by molar-refractivity contribution is -0.127. The predicted molar refractivity (Wildman–Crippen MR) is 134 cm³/mol. The van der Waals surface area contributed by atoms with Gasteiger partial charge in [0.2, 0.25) is 11.7 Å². The molecule has 10 nitrogen and oxygen atoms in total. The Kier molecular flexibility index (Phi) is 9.42. The van der Waals surface area contributed by atoms with Gasteiger partial charge < -0.3 is 15.1 Å². The molecule has 2 N–H and O–H groups in total. The van der Waals surface area contributed by atoms with Gasteiger partial charge in [0.25, 0.3) is 11.8 Å². The van der Waals surface area contributed by atoms with Crippen molar-refractivity contribution in [2.24, 2.45) is 17.8 Å². The lowest BCUT2D eigenvalue weighted by atomic mass is 9.83. The molecule has 1 aliphatic rings. The van der Waals surface area contributed by atoms with E-state index in [-0.39, 0.29) is 40.7 Å². The number of hydrogen-bond donors (Lipinski definition) is 2. The summed E-state index contributed by atoms with van der Waals surface area (Å²) in [6, 6.07) is 1.82. The van der Waals surface area contributed by atoms with E-state index in [9.17, 15) is 19.2 Å². The highest BCUT2D eigenvalue weighted by Crippen LogP contribution is 2.26. The number of amides is 2. The van der Waals surface area contributed by atoms with E-state index in [0.717, 1.165) is 17.5 Å². The lowest BCUT2D eigenvalue weighted by Crippen LogP contribution is -2.52. The molecule has 0 aromatic carbocycles. The zero-order valence-electron chi connectivity index (χ0n) is 21.1. The van der Waals surface area contributed by atoms with Crippen molar-refractivity contribution in [3.8, 4) is 0 Å². The molecule has 2 aromatic rings. The molecule has 2 heterocycles. The summed E-state index contributed by atoms with van der Waals surface area (Å²) in [6.45, 7) is 8.04. The standard InChI is InChI=1S/C25H34ClN5O5/c1-14(2)11-19(21(32)24-30-31(13-15(3)4)25(35)36-24)29-23(34)17-7-5-6-8-18(17)28-22(33)16-9-10-20(26)27-12-16/h9-10,12,14-15,17-19H,5-8,11,13H2,1-4H3,(H,28,33)(H,29,34)/t17-,18+,19+/m1/s1. The molecular weight excluding hydrogens is 486 g/mol. The van der Waals surface area contributed by atoms with E-state index in [0.29, 0.717) is 31.4 Å². The summed E-state index contributed by atoms with van der Waals surface area (Å²) in [5.41, 5.74) is 0.351. The van der Waals surface area contributed by atoms with Crippen molar-refractivity contribution in [3.05, 3.63) is 45.5 Å². The summed E-state index contributed by atoms with van der Waals surface area (Å²) in [4.78, 5) is 55.3. The number of aromatic nitrogens is 3. The van der Waals surface area contributed by atoms with Gasteiger partial charge in [-0.1, -0.05) is 52.1 Å². The fourth-order valence-electron chi connectivity index (χ4n) is 4.38. The fraction of sp³-hybridized carbons (Fsp3) is 0.600. The Hall–Kier alpha value is -3.01. The molecule has 1 aliphatic carbocycles. The molecule has 1 fully saturated rings. The van der Waals surface area contributed by atoms with Gasteiger partial charge in [-0.05, 0) is 43.2 Å². The molecule has 196 valence electrons. The first kappa shape index (κ1) is 27.6. The molecule has 0 saturated heterocycles. The molecule has 3 atom stereocenters. The van der Waals surface area contributed by atoms with Crippen molar-refractivity contribution in [1.29, 1.82) is 0 Å². The summed E-state index contributed by atoms with van der Waals surface area (Å²) >= 11 is 5.81. The van der Waals surface area contributed by atoms with Crippen LogP contribution in [0.2, 0.25) is 5.15 Å². The molecule has 0 aliphatic heterocycles. The first-order chi connectivity index (χ1) is 17.0. The number of halogens is 1. The van der Waals surface area contributed by atoms with Crippen molar-refractivity contribution < 1.29 is 18.8 Å². The van der Waals surface area contributed by atoms with Crippen molar-refractivity contribution >= 4 is 29.2 Å². The number of ketones is 1. The first-order valence-electron chi connectivity index (χ1n) is 12.4. The van der Waals surface area contributed by atoms with Crippen LogP contribution in [0.25, 0.3) is 0 Å². The number of Topliss-reactive ketones (excluding diaryl/α,β-unsaturated/α-hetero) is 1. The zero-order chi connectivity index (χ0) is 26.4. The van der Waals surface area contributed by atoms with Crippen LogP contribution in [0.4, 0.5) is 0 Å². The van der Waals surface area contributed by atoms with Crippen LogP contribution in [-0.4, -0.2) is 44.4 Å². The van der Waals surface area contributed by atoms with E-state index in [1.807, 2.05) is 27.7 Å². The summed E-state index contributed by atoms with van der Waals surface area (Å²) in [5.74, 6) is -2.49. The predicted octanol–water partition coefficient (Wildman–Crippen LogP) is 3.24. The SMILES string of the molecule is CC(C)C[C@H](NC(=O)[C@@H]1CCCC[C@@H]1NC(=O)c1ccc(Cl)nc1)C(=O)c1nn(CC(C)C)c(=O)o1. The Labute approximate surface area is 215 Å². The van der Waals surface area contributed by atoms with Gasteiger partial charge in [0.05, 0.1) is 24.1 Å². The summed E-state index contributed by atoms with van der Waals surface area (Å²) in [7, 11) is 0. The number of pyridine rings is 1. The summed E-state index contributed by atoms with van der Waals surface area (Å²) < 4.78 is 6.25. The van der Waals surface area contributed by atoms with Crippen molar-refractivity contribution in [3.63, 3.8) is 0 Å². The summed E-state index contributed by atoms with van der Waals surface area (Å²) in [6.07, 6.45) is 4.67. The number of nitrogens with one attached hydrogen (secondary N) is 2. The average molecular weight is 520 g/mol. The minimum atomic E-state index is -0.901. The monoisotopic (exact) mass is 519 g/mol. The molecule has 2 aromatic heterocycles. The number of carbonyl (C=O) groups excluding carboxylic acids is 3. The van der Waals surface area contributed by atoms with Gasteiger partial charge >= 0.3 is 5.76 Å². The van der Waals surface area contributed by atoms with Gasteiger partial charge in [-0.3, -0.25) is 14.4 Å². The lowest BCUT2D eigenvalue weighted by Gasteiger charge is -2.32. The van der Waals surface area contributed by atoms with E-state index in [2.05, 4.69) is 20.7 Å². The molecule has 1 saturated carbocycles. The third kappa shape index (κ3) is 7.25. The van der Waals surface area contributed by atoms with Crippen LogP contribution in [0.5, 0.6) is 0 Å². The van der Waals surface area contributed by atoms with E-state index < -0.39 is 23.5 Å². The highest BCUT2D eigenvalue weighted by Gasteiger charge is 2.35. The molecular formula is C25H34ClN5O5. The highest BCUT2D eigenvalue weighted by molar-refractivity contribution is 6.29. The average Bonchev–Trinajstić information content (AvgIpc) is 3.18. The van der Waals surface area contributed by atoms with Crippen molar-refractivity contribution in [2.45, 2.75) is 78.4 Å². The van der Waals surface area contributed by atoms with E-state index in [1.165, 1.54) is 12.3 Å². The molecule has 36 heavy (non-hydrogen) atoms. The Bertz CT molecular complexity index is 1120. The maximum Gasteiger partial charge on any atom is 0.437 e. The van der Waals surface area contributed by atoms with Gasteiger partial charge in [-0.25, -0.2) is 9.78 Å². The number of rotatable bonds is 10. The molecule has 2 amide bonds. The Morgan fingerprint density at radius 2 is 1.86 bits per heavy atom. The van der Waals surface area contributed by atoms with Crippen LogP contribution in [0, 0.1) is 17.8 Å². The Morgan fingerprint density at radius 1 is 1.14 bits per heavy atom. The smallest absolute Gasteiger partial charge is 0.384 e. The largest absolute Gasteiger partial charge is 0.437 e. The van der Waals surface area contributed by atoms with Crippen LogP contribution in [-0.2, 0) is 11.3 Å². The van der Waals surface area contributed by atoms with Crippen molar-refractivity contribution in [1.82, 2.24) is 25.4 Å². The normalized spacial score (nSPS) is 18.8. The van der Waals surface area contributed by atoms with Crippen LogP contribution in [0.3, 0.4) is 0 Å². The number of nitrogens with zero attached hydrogens (tertiary/aromatic N) is 3. The maximum atomic E-state index is 13.4. The van der Waals surface area contributed by atoms with E-state index in [1.54, 1.807) is 6.07 Å². The second-order valence-electron chi connectivity index (χ2n) is 10.1. The quantitative estimate of drug-likeness (QED) is 0.363. The van der Waals surface area contributed by atoms with Crippen molar-refractivity contribution in [2.75, 3.05) is 0 Å². The van der Waals surface area contributed by atoms with Gasteiger partial charge in [0.1, 0.15) is 5.15 Å². The second kappa shape index (κ2) is 12.3. The highest BCUT2D eigenvalue weighted by atomic mass is 35.5. The molecule has 11 heteroatoms. The second-order valence-corrected chi connectivity index (χ2v) is 10.5. The van der Waals surface area contributed by atoms with Gasteiger partial charge in [-0.2, -0.15) is 4.68 Å². The molecule has 3 rings (SSSR count). The minimum absolute atomic E-state index is 0.0861. The maximum absolute atomic E-state index is 13.4. The Balaban J connectivity index is 1.74. The molecule has 0 spiro atoms. The third-order valence-corrected chi connectivity index (χ3v) is 6.33. The van der Waals surface area contributed by atoms with Crippen LogP contribution in [0.1, 0.15) is 80.8 Å². The molecule has 0 unspecified atom stereocenters. The van der Waals surface area contributed by atoms with Crippen LogP contribution >= 0.6 is 11.6 Å². The third-order valence-electron chi connectivity index (χ3n) is 6.10. The molecule has 0 radical (unpaired) electrons. The van der Waals surface area contributed by atoms with Crippen LogP contribution in [0.15, 0.2) is 27.5 Å². The Morgan fingerprint density at radius 3 is 2.50 bits per heavy atom. The number of carbonyl (C=O) groups is 3. The van der Waals surface area contributed by atoms with Crippen LogP contribution < -0.4 is 16.4 Å². The summed E-state index contributed by atoms with van der Waals surface area (Å²) in [5, 5.41) is 10.1. The fourth-order valence-corrected chi connectivity index (χ4v) is 4.49. The van der Waals surface area contributed by atoms with E-state index in [4.69, 9.17) is 16.0 Å². The zero-order valence-corrected chi connectivity index (χ0v) is 21.9. The first-order valence-corrected chi connectivity index (χ1v) is 12.8. The minimum Gasteiger partial charge on any atom is -0.384 e. The van der Waals surface area contributed by atoms with Gasteiger partial charge in [-0.15, -0.1) is 5.10 Å². The topological polar surface area (TPSA) is 136 Å². The number of hydrogen-bond acceptors (Lipinski definition) is 7. The van der Waals surface area contributed by atoms with E-state index >= 15 is 0 Å². The van der Waals surface area contributed by atoms with Gasteiger partial charge in [0, 0.05) is 12.2 Å². The van der Waals surface area contributed by atoms with Gasteiger partial charge in [0.15, 0.2) is 0 Å². The molecule has 0 bridgehead atoms.